The molecule has 1 fully saturated rings. The lowest BCUT2D eigenvalue weighted by molar-refractivity contribution is 0.0755. The van der Waals surface area contributed by atoms with Crippen LogP contribution in [0.15, 0.2) is 17.6 Å². The van der Waals surface area contributed by atoms with Gasteiger partial charge in [-0.3, -0.25) is 4.79 Å². The Hall–Kier alpha value is -1.99. The first-order chi connectivity index (χ1) is 11.2. The number of carbonyl (C=O) groups is 1. The van der Waals surface area contributed by atoms with Crippen molar-refractivity contribution in [3.63, 3.8) is 0 Å². The number of nitrogens with zero attached hydrogens (tertiary/aromatic N) is 4. The van der Waals surface area contributed by atoms with E-state index >= 15 is 0 Å². The topological polar surface area (TPSA) is 58.6 Å². The molecule has 2 aromatic rings. The number of carbonyl (C=O) groups excluding carboxylic acids is 1. The van der Waals surface area contributed by atoms with Crippen LogP contribution < -0.4 is 4.90 Å². The summed E-state index contributed by atoms with van der Waals surface area (Å²) in [6.45, 7) is 6.21. The Morgan fingerprint density at radius 1 is 1.30 bits per heavy atom. The van der Waals surface area contributed by atoms with Crippen molar-refractivity contribution in [2.75, 3.05) is 31.2 Å². The van der Waals surface area contributed by atoms with Crippen molar-refractivity contribution >= 4 is 23.2 Å². The van der Waals surface area contributed by atoms with E-state index in [1.54, 1.807) is 0 Å². The first-order valence-corrected chi connectivity index (χ1v) is 8.60. The Bertz CT molecular complexity index is 739. The summed E-state index contributed by atoms with van der Waals surface area (Å²) in [4.78, 5) is 26.5. The maximum Gasteiger partial charge on any atom is 0.264 e. The van der Waals surface area contributed by atoms with Crippen LogP contribution in [0.4, 0.5) is 5.95 Å². The molecule has 6 nitrogen and oxygen atoms in total. The van der Waals surface area contributed by atoms with Gasteiger partial charge in [0.05, 0.1) is 30.3 Å². The van der Waals surface area contributed by atoms with Gasteiger partial charge in [0, 0.05) is 31.4 Å². The van der Waals surface area contributed by atoms with Gasteiger partial charge in [-0.1, -0.05) is 0 Å². The van der Waals surface area contributed by atoms with E-state index in [1.807, 2.05) is 29.5 Å². The normalized spacial score (nSPS) is 17.4. The molecule has 0 radical (unpaired) electrons. The number of fused-ring (bicyclic) bond motifs is 1. The van der Waals surface area contributed by atoms with Crippen LogP contribution in [0.25, 0.3) is 0 Å². The van der Waals surface area contributed by atoms with Crippen LogP contribution in [0.3, 0.4) is 0 Å². The van der Waals surface area contributed by atoms with E-state index in [9.17, 15) is 4.79 Å². The van der Waals surface area contributed by atoms with Gasteiger partial charge in [0.1, 0.15) is 0 Å². The maximum atomic E-state index is 12.6. The first-order valence-electron chi connectivity index (χ1n) is 7.72. The number of ether oxygens (including phenoxy) is 1. The van der Waals surface area contributed by atoms with Crippen molar-refractivity contribution < 1.29 is 9.53 Å². The number of hydrogen-bond donors (Lipinski definition) is 0. The number of anilines is 1. The number of aromatic nitrogens is 2. The summed E-state index contributed by atoms with van der Waals surface area (Å²) in [6.07, 6.45) is 1.86. The van der Waals surface area contributed by atoms with Crippen LogP contribution in [0.1, 0.15) is 26.5 Å². The zero-order valence-electron chi connectivity index (χ0n) is 13.0. The molecule has 0 spiro atoms. The van der Waals surface area contributed by atoms with E-state index < -0.39 is 0 Å². The molecule has 0 aliphatic carbocycles. The Kier molecular flexibility index (Phi) is 3.74. The summed E-state index contributed by atoms with van der Waals surface area (Å²) in [5, 5.41) is 2.01. The van der Waals surface area contributed by atoms with E-state index in [0.717, 1.165) is 40.7 Å². The van der Waals surface area contributed by atoms with Crippen LogP contribution >= 0.6 is 11.3 Å². The van der Waals surface area contributed by atoms with Crippen molar-refractivity contribution in [1.82, 2.24) is 14.9 Å². The highest BCUT2D eigenvalue weighted by Gasteiger charge is 2.27. The molecule has 0 bridgehead atoms. The Morgan fingerprint density at radius 3 is 2.87 bits per heavy atom. The molecule has 1 saturated heterocycles. The van der Waals surface area contributed by atoms with Crippen molar-refractivity contribution in [3.05, 3.63) is 39.3 Å². The molecule has 120 valence electrons. The number of rotatable bonds is 2. The molecule has 0 atom stereocenters. The van der Waals surface area contributed by atoms with Crippen LogP contribution in [-0.2, 0) is 17.8 Å². The molecular formula is C16H18N4O2S. The molecule has 2 aliphatic heterocycles. The van der Waals surface area contributed by atoms with Crippen molar-refractivity contribution in [1.29, 1.82) is 0 Å². The average Bonchev–Trinajstić information content (AvgIpc) is 3.20. The minimum Gasteiger partial charge on any atom is -0.378 e. The molecule has 0 N–H and O–H groups in total. The van der Waals surface area contributed by atoms with E-state index in [1.165, 1.54) is 11.3 Å². The molecule has 0 unspecified atom stereocenters. The minimum absolute atomic E-state index is 0.0778. The maximum absolute atomic E-state index is 12.6. The van der Waals surface area contributed by atoms with Gasteiger partial charge in [-0.05, 0) is 23.9 Å². The summed E-state index contributed by atoms with van der Waals surface area (Å²) >= 11 is 1.50. The summed E-state index contributed by atoms with van der Waals surface area (Å²) in [6, 6.07) is 1.95. The third kappa shape index (κ3) is 2.82. The fourth-order valence-electron chi connectivity index (χ4n) is 2.90. The standard InChI is InChI=1S/C16H18N4O2S/c1-11-6-14(23-10-11)15(21)20-8-12-7-17-16(18-13(12)9-20)19-2-4-22-5-3-19/h6-7,10H,2-5,8-9H2,1H3. The van der Waals surface area contributed by atoms with Crippen molar-refractivity contribution in [2.24, 2.45) is 0 Å². The van der Waals surface area contributed by atoms with E-state index in [0.29, 0.717) is 26.3 Å². The quantitative estimate of drug-likeness (QED) is 0.841. The molecule has 1 amide bonds. The molecule has 7 heteroatoms. The van der Waals surface area contributed by atoms with Gasteiger partial charge in [0.2, 0.25) is 5.95 Å². The molecule has 4 rings (SSSR count). The number of thiophene rings is 1. The highest BCUT2D eigenvalue weighted by Crippen LogP contribution is 2.26. The summed E-state index contributed by atoms with van der Waals surface area (Å²) in [5.41, 5.74) is 3.14. The number of amides is 1. The second-order valence-corrected chi connectivity index (χ2v) is 6.80. The molecule has 23 heavy (non-hydrogen) atoms. The fourth-order valence-corrected chi connectivity index (χ4v) is 3.77. The average molecular weight is 330 g/mol. The van der Waals surface area contributed by atoms with Crippen LogP contribution in [0, 0.1) is 6.92 Å². The molecule has 4 heterocycles. The molecule has 2 aliphatic rings. The van der Waals surface area contributed by atoms with Gasteiger partial charge in [-0.15, -0.1) is 11.3 Å². The monoisotopic (exact) mass is 330 g/mol. The zero-order chi connectivity index (χ0) is 15.8. The minimum atomic E-state index is 0.0778. The summed E-state index contributed by atoms with van der Waals surface area (Å²) in [5.74, 6) is 0.822. The van der Waals surface area contributed by atoms with Crippen molar-refractivity contribution in [3.8, 4) is 0 Å². The summed E-state index contributed by atoms with van der Waals surface area (Å²) < 4.78 is 5.36. The second-order valence-electron chi connectivity index (χ2n) is 5.89. The lowest BCUT2D eigenvalue weighted by Gasteiger charge is -2.26. The Labute approximate surface area is 138 Å². The van der Waals surface area contributed by atoms with Gasteiger partial charge in [-0.25, -0.2) is 9.97 Å². The predicted molar refractivity (Wildman–Crippen MR) is 87.7 cm³/mol. The van der Waals surface area contributed by atoms with Crippen LogP contribution in [0.2, 0.25) is 0 Å². The highest BCUT2D eigenvalue weighted by atomic mass is 32.1. The zero-order valence-corrected chi connectivity index (χ0v) is 13.8. The predicted octanol–water partition coefficient (Wildman–Crippen LogP) is 1.84. The third-order valence-corrected chi connectivity index (χ3v) is 5.20. The van der Waals surface area contributed by atoms with E-state index in [4.69, 9.17) is 4.74 Å². The summed E-state index contributed by atoms with van der Waals surface area (Å²) in [7, 11) is 0. The Balaban J connectivity index is 1.52. The van der Waals surface area contributed by atoms with Gasteiger partial charge in [0.15, 0.2) is 0 Å². The van der Waals surface area contributed by atoms with Crippen LogP contribution in [-0.4, -0.2) is 47.1 Å². The van der Waals surface area contributed by atoms with Crippen LogP contribution in [0.5, 0.6) is 0 Å². The fraction of sp³-hybridized carbons (Fsp3) is 0.438. The lowest BCUT2D eigenvalue weighted by Crippen LogP contribution is -2.37. The number of aryl methyl sites for hydroxylation is 1. The third-order valence-electron chi connectivity index (χ3n) is 4.17. The highest BCUT2D eigenvalue weighted by molar-refractivity contribution is 7.12. The number of hydrogen-bond acceptors (Lipinski definition) is 6. The van der Waals surface area contributed by atoms with E-state index in [-0.39, 0.29) is 5.91 Å². The van der Waals surface area contributed by atoms with E-state index in [2.05, 4.69) is 14.9 Å². The van der Waals surface area contributed by atoms with Gasteiger partial charge < -0.3 is 14.5 Å². The molecular weight excluding hydrogens is 312 g/mol. The second kappa shape index (κ2) is 5.90. The van der Waals surface area contributed by atoms with Gasteiger partial charge in [0.25, 0.3) is 5.91 Å². The first kappa shape index (κ1) is 14.6. The van der Waals surface area contributed by atoms with Gasteiger partial charge >= 0.3 is 0 Å². The molecule has 0 saturated carbocycles. The van der Waals surface area contributed by atoms with Gasteiger partial charge in [-0.2, -0.15) is 0 Å². The number of morpholine rings is 1. The Morgan fingerprint density at radius 2 is 2.13 bits per heavy atom. The SMILES string of the molecule is Cc1csc(C(=O)N2Cc3cnc(N4CCOCC4)nc3C2)c1. The largest absolute Gasteiger partial charge is 0.378 e. The van der Waals surface area contributed by atoms with Crippen molar-refractivity contribution in [2.45, 2.75) is 20.0 Å². The smallest absolute Gasteiger partial charge is 0.264 e. The lowest BCUT2D eigenvalue weighted by atomic mass is 10.3. The molecule has 0 aromatic carbocycles. The molecule has 2 aromatic heterocycles.